The summed E-state index contributed by atoms with van der Waals surface area (Å²) in [6, 6.07) is 19.5. The van der Waals surface area contributed by atoms with E-state index in [1.807, 2.05) is 54.7 Å². The van der Waals surface area contributed by atoms with Crippen LogP contribution in [0.5, 0.6) is 5.75 Å². The fourth-order valence-electron chi connectivity index (χ4n) is 5.36. The Kier molecular flexibility index (Phi) is 8.94. The highest BCUT2D eigenvalue weighted by Crippen LogP contribution is 2.41. The molecule has 9 nitrogen and oxygen atoms in total. The van der Waals surface area contributed by atoms with Crippen molar-refractivity contribution in [1.82, 2.24) is 10.3 Å². The van der Waals surface area contributed by atoms with Gasteiger partial charge in [0.1, 0.15) is 5.69 Å². The number of amidine groups is 1. The maximum atomic E-state index is 13.5. The topological polar surface area (TPSA) is 123 Å². The number of methoxy groups -OCH3 is 1. The van der Waals surface area contributed by atoms with Gasteiger partial charge in [0, 0.05) is 36.7 Å². The number of carbonyl (C=O) groups excluding carboxylic acids is 1. The predicted molar refractivity (Wildman–Crippen MR) is 175 cm³/mol. The molecule has 5 rings (SSSR count). The van der Waals surface area contributed by atoms with Gasteiger partial charge in [-0.2, -0.15) is 0 Å². The van der Waals surface area contributed by atoms with Crippen LogP contribution >= 0.6 is 0 Å². The lowest BCUT2D eigenvalue weighted by molar-refractivity contribution is 0.0287. The first-order valence-electron chi connectivity index (χ1n) is 14.5. The van der Waals surface area contributed by atoms with E-state index in [1.54, 1.807) is 14.0 Å². The molecule has 2 heterocycles. The van der Waals surface area contributed by atoms with Crippen molar-refractivity contribution in [3.8, 4) is 16.9 Å². The Morgan fingerprint density at radius 2 is 1.84 bits per heavy atom. The molecule has 1 unspecified atom stereocenters. The first kappa shape index (κ1) is 30.0. The van der Waals surface area contributed by atoms with Gasteiger partial charge in [0.2, 0.25) is 0 Å². The summed E-state index contributed by atoms with van der Waals surface area (Å²) in [4.78, 5) is 22.6. The minimum Gasteiger partial charge on any atom is -0.492 e. The molecule has 1 saturated heterocycles. The zero-order valence-electron chi connectivity index (χ0n) is 25.5. The van der Waals surface area contributed by atoms with Gasteiger partial charge in [0.05, 0.1) is 42.7 Å². The van der Waals surface area contributed by atoms with Crippen molar-refractivity contribution in [2.45, 2.75) is 45.6 Å². The minimum absolute atomic E-state index is 0.0760. The number of aromatic nitrogens is 1. The number of nitrogens with one attached hydrogen (secondary N) is 3. The summed E-state index contributed by atoms with van der Waals surface area (Å²) in [5.74, 6) is 0.834. The largest absolute Gasteiger partial charge is 0.492 e. The normalized spacial score (nSPS) is 15.7. The number of aliphatic imine (C=N–C) groups is 1. The summed E-state index contributed by atoms with van der Waals surface area (Å²) < 4.78 is 11.6. The van der Waals surface area contributed by atoms with Gasteiger partial charge in [-0.3, -0.25) is 4.98 Å². The predicted octanol–water partition coefficient (Wildman–Crippen LogP) is 6.39. The molecule has 0 spiro atoms. The van der Waals surface area contributed by atoms with Crippen LogP contribution < -0.4 is 26.4 Å². The lowest BCUT2D eigenvalue weighted by atomic mass is 9.86. The maximum Gasteiger partial charge on any atom is 0.323 e. The van der Waals surface area contributed by atoms with E-state index in [0.717, 1.165) is 46.2 Å². The number of anilines is 2. The molecule has 0 radical (unpaired) electrons. The smallest absolute Gasteiger partial charge is 0.323 e. The summed E-state index contributed by atoms with van der Waals surface area (Å²) in [5.41, 5.74) is 11.5. The summed E-state index contributed by atoms with van der Waals surface area (Å²) in [6.07, 6.45) is 2.61. The number of benzene rings is 3. The number of hydrogen-bond donors (Lipinski definition) is 4. The number of rotatable bonds is 7. The van der Waals surface area contributed by atoms with Crippen molar-refractivity contribution in [1.29, 1.82) is 0 Å². The molecule has 2 amide bonds. The van der Waals surface area contributed by atoms with Crippen molar-refractivity contribution < 1.29 is 14.3 Å². The summed E-state index contributed by atoms with van der Waals surface area (Å²) >= 11 is 0. The molecular weight excluding hydrogens is 540 g/mol. The van der Waals surface area contributed by atoms with Crippen LogP contribution in [0.1, 0.15) is 39.0 Å². The second-order valence-electron chi connectivity index (χ2n) is 11.8. The number of fused-ring (bicyclic) bond motifs is 1. The second kappa shape index (κ2) is 12.8. The molecule has 5 N–H and O–H groups in total. The molecule has 1 aromatic heterocycles. The van der Waals surface area contributed by atoms with E-state index >= 15 is 0 Å². The second-order valence-corrected chi connectivity index (χ2v) is 11.8. The average Bonchev–Trinajstić information content (AvgIpc) is 2.97. The van der Waals surface area contributed by atoms with Crippen LogP contribution in [0.2, 0.25) is 0 Å². The van der Waals surface area contributed by atoms with Crippen LogP contribution in [0.25, 0.3) is 21.9 Å². The van der Waals surface area contributed by atoms with Gasteiger partial charge in [0.15, 0.2) is 5.75 Å². The lowest BCUT2D eigenvalue weighted by Gasteiger charge is -2.24. The zero-order chi connectivity index (χ0) is 30.6. The van der Waals surface area contributed by atoms with Crippen LogP contribution in [0.3, 0.4) is 0 Å². The molecule has 3 aromatic carbocycles. The molecule has 0 aliphatic carbocycles. The highest BCUT2D eigenvalue weighted by Gasteiger charge is 2.22. The molecule has 1 atom stereocenters. The molecule has 0 bridgehead atoms. The number of morpholine rings is 1. The van der Waals surface area contributed by atoms with Gasteiger partial charge in [-0.15, -0.1) is 0 Å². The van der Waals surface area contributed by atoms with E-state index < -0.39 is 6.03 Å². The number of carbonyl (C=O) groups is 1. The van der Waals surface area contributed by atoms with Crippen LogP contribution in [0, 0.1) is 0 Å². The monoisotopic (exact) mass is 580 g/mol. The standard InChI is InChI=1S/C34H40N6O3/c1-21(35)38-30-17-22(34(2,3)4)18-31(32(30)42-5)40-33(41)39-28-13-12-25(24-9-6-7-10-26(24)28)27-11-8-14-37-29(27)19-23-20-36-15-16-43-23/h6-14,17-18,23,36H,15-16,19-20H2,1-5H3,(H2,35,38)(H2,39,40,41). The van der Waals surface area contributed by atoms with Crippen LogP contribution in [0.4, 0.5) is 21.9 Å². The third kappa shape index (κ3) is 6.96. The Morgan fingerprint density at radius 1 is 1.07 bits per heavy atom. The Balaban J connectivity index is 1.47. The Hall–Kier alpha value is -4.47. The van der Waals surface area contributed by atoms with Gasteiger partial charge < -0.3 is 31.2 Å². The zero-order valence-corrected chi connectivity index (χ0v) is 25.5. The van der Waals surface area contributed by atoms with Crippen molar-refractivity contribution in [3.05, 3.63) is 78.1 Å². The molecule has 224 valence electrons. The number of ether oxygens (including phenoxy) is 2. The van der Waals surface area contributed by atoms with E-state index in [4.69, 9.17) is 20.2 Å². The quantitative estimate of drug-likeness (QED) is 0.148. The van der Waals surface area contributed by atoms with E-state index in [1.165, 1.54) is 0 Å². The Labute approximate surface area is 252 Å². The molecule has 4 aromatic rings. The molecule has 1 aliphatic heterocycles. The number of pyridine rings is 1. The van der Waals surface area contributed by atoms with E-state index in [-0.39, 0.29) is 11.5 Å². The van der Waals surface area contributed by atoms with Gasteiger partial charge in [0.25, 0.3) is 0 Å². The van der Waals surface area contributed by atoms with Crippen LogP contribution in [0.15, 0.2) is 71.9 Å². The first-order valence-corrected chi connectivity index (χ1v) is 14.5. The summed E-state index contributed by atoms with van der Waals surface area (Å²) in [5, 5.41) is 11.4. The fourth-order valence-corrected chi connectivity index (χ4v) is 5.36. The molecule has 0 saturated carbocycles. The number of urea groups is 1. The van der Waals surface area contributed by atoms with E-state index in [2.05, 4.69) is 53.8 Å². The Morgan fingerprint density at radius 3 is 2.53 bits per heavy atom. The number of nitrogens with zero attached hydrogens (tertiary/aromatic N) is 2. The Bertz CT molecular complexity index is 1650. The van der Waals surface area contributed by atoms with Gasteiger partial charge in [-0.1, -0.05) is 57.2 Å². The molecule has 43 heavy (non-hydrogen) atoms. The summed E-state index contributed by atoms with van der Waals surface area (Å²) in [6.45, 7) is 10.4. The van der Waals surface area contributed by atoms with Crippen molar-refractivity contribution in [2.75, 3.05) is 37.4 Å². The van der Waals surface area contributed by atoms with Gasteiger partial charge in [-0.05, 0) is 53.1 Å². The lowest BCUT2D eigenvalue weighted by Crippen LogP contribution is -2.39. The third-order valence-electron chi connectivity index (χ3n) is 7.46. The van der Waals surface area contributed by atoms with Crippen LogP contribution in [-0.2, 0) is 16.6 Å². The summed E-state index contributed by atoms with van der Waals surface area (Å²) in [7, 11) is 1.55. The first-order chi connectivity index (χ1) is 20.6. The maximum absolute atomic E-state index is 13.5. The minimum atomic E-state index is -0.398. The molecule has 9 heteroatoms. The highest BCUT2D eigenvalue weighted by molar-refractivity contribution is 6.10. The average molecular weight is 581 g/mol. The number of hydrogen-bond acceptors (Lipinski definition) is 6. The van der Waals surface area contributed by atoms with Crippen molar-refractivity contribution in [3.63, 3.8) is 0 Å². The van der Waals surface area contributed by atoms with Crippen molar-refractivity contribution >= 4 is 39.7 Å². The third-order valence-corrected chi connectivity index (χ3v) is 7.46. The number of nitrogens with two attached hydrogens (primary N) is 1. The van der Waals surface area contributed by atoms with Crippen LogP contribution in [-0.4, -0.2) is 49.8 Å². The highest BCUT2D eigenvalue weighted by atomic mass is 16.5. The van der Waals surface area contributed by atoms with Gasteiger partial charge >= 0.3 is 6.03 Å². The molecule has 1 fully saturated rings. The SMILES string of the molecule is COc1c(N=C(C)N)cc(C(C)(C)C)cc1NC(=O)Nc1ccc(-c2cccnc2CC2CNCCO2)c2ccccc12. The van der Waals surface area contributed by atoms with Crippen molar-refractivity contribution in [2.24, 2.45) is 10.7 Å². The van der Waals surface area contributed by atoms with Gasteiger partial charge in [-0.25, -0.2) is 9.79 Å². The molecular formula is C34H40N6O3. The van der Waals surface area contributed by atoms with E-state index in [9.17, 15) is 4.79 Å². The fraction of sp³-hybridized carbons (Fsp3) is 0.324. The molecule has 1 aliphatic rings. The van der Waals surface area contributed by atoms with E-state index in [0.29, 0.717) is 41.7 Å². The number of amides is 2.